The van der Waals surface area contributed by atoms with Crippen molar-refractivity contribution in [1.82, 2.24) is 10.3 Å². The summed E-state index contributed by atoms with van der Waals surface area (Å²) in [6.45, 7) is 2.12. The summed E-state index contributed by atoms with van der Waals surface area (Å²) in [5.74, 6) is 0. The number of aromatic nitrogens is 1. The molecule has 21 heavy (non-hydrogen) atoms. The molecule has 2 N–H and O–H groups in total. The predicted molar refractivity (Wildman–Crippen MR) is 88.4 cm³/mol. The summed E-state index contributed by atoms with van der Waals surface area (Å²) >= 11 is 0. The Labute approximate surface area is 127 Å². The van der Waals surface area contributed by atoms with Gasteiger partial charge in [-0.3, -0.25) is 0 Å². The average Bonchev–Trinajstić information content (AvgIpc) is 3.06. The van der Waals surface area contributed by atoms with Crippen LogP contribution in [0.3, 0.4) is 0 Å². The van der Waals surface area contributed by atoms with Crippen molar-refractivity contribution in [2.75, 3.05) is 0 Å². The monoisotopic (exact) mass is 283 g/mol. The maximum absolute atomic E-state index is 4.73. The fourth-order valence-corrected chi connectivity index (χ4v) is 3.19. The summed E-state index contributed by atoms with van der Waals surface area (Å²) in [4.78, 5) is 7.96. The molecule has 0 unspecified atom stereocenters. The first-order valence-electron chi connectivity index (χ1n) is 8.20. The van der Waals surface area contributed by atoms with Gasteiger partial charge in [0.2, 0.25) is 0 Å². The van der Waals surface area contributed by atoms with E-state index in [1.165, 1.54) is 50.5 Å². The third-order valence-electron chi connectivity index (χ3n) is 4.40. The summed E-state index contributed by atoms with van der Waals surface area (Å²) in [7, 11) is 0. The number of nitrogens with one attached hydrogen (secondary N) is 2. The van der Waals surface area contributed by atoms with Gasteiger partial charge >= 0.3 is 0 Å². The first kappa shape index (κ1) is 14.2. The Morgan fingerprint density at radius 2 is 1.95 bits per heavy atom. The molecule has 1 aromatic rings. The van der Waals surface area contributed by atoms with Crippen LogP contribution >= 0.6 is 0 Å². The molecule has 3 nitrogen and oxygen atoms in total. The molecule has 2 heterocycles. The van der Waals surface area contributed by atoms with Crippen molar-refractivity contribution in [2.24, 2.45) is 4.99 Å². The molecule has 3 rings (SSSR count). The van der Waals surface area contributed by atoms with Crippen LogP contribution in [0.2, 0.25) is 0 Å². The number of allylic oxidation sites excluding steroid dienone is 2. The SMILES string of the molecule is CC1=C/C(=C\NC2CCCCCCC2)N=C1c1ccc[nH]1. The molecule has 2 aliphatic rings. The molecule has 0 bridgehead atoms. The zero-order valence-corrected chi connectivity index (χ0v) is 12.9. The summed E-state index contributed by atoms with van der Waals surface area (Å²) in [6, 6.07) is 4.71. The molecular formula is C18H25N3. The van der Waals surface area contributed by atoms with Gasteiger partial charge < -0.3 is 10.3 Å². The van der Waals surface area contributed by atoms with Crippen LogP contribution in [0.1, 0.15) is 57.6 Å². The lowest BCUT2D eigenvalue weighted by atomic mass is 9.97. The maximum atomic E-state index is 4.73. The van der Waals surface area contributed by atoms with Gasteiger partial charge in [0.15, 0.2) is 0 Å². The normalized spacial score (nSPS) is 22.6. The number of hydrogen-bond acceptors (Lipinski definition) is 2. The molecule has 1 aliphatic carbocycles. The number of nitrogens with zero attached hydrogens (tertiary/aromatic N) is 1. The molecule has 0 aromatic carbocycles. The topological polar surface area (TPSA) is 40.2 Å². The predicted octanol–water partition coefficient (Wildman–Crippen LogP) is 4.31. The Kier molecular flexibility index (Phi) is 4.59. The fraction of sp³-hybridized carbons (Fsp3) is 0.500. The van der Waals surface area contributed by atoms with E-state index in [4.69, 9.17) is 4.99 Å². The van der Waals surface area contributed by atoms with E-state index >= 15 is 0 Å². The molecule has 112 valence electrons. The second-order valence-corrected chi connectivity index (χ2v) is 6.15. The van der Waals surface area contributed by atoms with Crippen molar-refractivity contribution in [3.63, 3.8) is 0 Å². The number of aromatic amines is 1. The second-order valence-electron chi connectivity index (χ2n) is 6.15. The molecule has 3 heteroatoms. The summed E-state index contributed by atoms with van der Waals surface area (Å²) in [5, 5.41) is 3.59. The van der Waals surface area contributed by atoms with Gasteiger partial charge in [-0.15, -0.1) is 0 Å². The standard InChI is InChI=1S/C18H25N3/c1-14-12-16(21-18(14)17-10-7-11-19-17)13-20-15-8-5-3-2-4-6-9-15/h7,10-13,15,19-20H,2-6,8-9H2,1H3/b16-13+. The van der Waals surface area contributed by atoms with Crippen molar-refractivity contribution in [1.29, 1.82) is 0 Å². The van der Waals surface area contributed by atoms with Crippen LogP contribution in [0.4, 0.5) is 0 Å². The van der Waals surface area contributed by atoms with Crippen molar-refractivity contribution in [3.05, 3.63) is 47.6 Å². The van der Waals surface area contributed by atoms with Crippen molar-refractivity contribution < 1.29 is 0 Å². The summed E-state index contributed by atoms with van der Waals surface area (Å²) in [5.41, 5.74) is 4.42. The molecule has 1 fully saturated rings. The molecule has 1 saturated carbocycles. The molecule has 0 amide bonds. The van der Waals surface area contributed by atoms with Crippen LogP contribution in [0.5, 0.6) is 0 Å². The minimum atomic E-state index is 0.622. The molecule has 0 saturated heterocycles. The number of H-pyrrole nitrogens is 1. The van der Waals surface area contributed by atoms with Gasteiger partial charge in [-0.1, -0.05) is 32.1 Å². The number of rotatable bonds is 3. The van der Waals surface area contributed by atoms with Crippen molar-refractivity contribution in [2.45, 2.75) is 57.9 Å². The van der Waals surface area contributed by atoms with E-state index in [2.05, 4.69) is 35.6 Å². The van der Waals surface area contributed by atoms with Gasteiger partial charge in [0.05, 0.1) is 17.1 Å². The minimum absolute atomic E-state index is 0.622. The van der Waals surface area contributed by atoms with Crippen LogP contribution in [0.15, 0.2) is 46.9 Å². The van der Waals surface area contributed by atoms with Crippen LogP contribution in [-0.4, -0.2) is 16.7 Å². The largest absolute Gasteiger partial charge is 0.386 e. The molecule has 0 atom stereocenters. The second kappa shape index (κ2) is 6.79. The Morgan fingerprint density at radius 3 is 2.67 bits per heavy atom. The Hall–Kier alpha value is -1.77. The van der Waals surface area contributed by atoms with Gasteiger partial charge in [-0.2, -0.15) is 0 Å². The quantitative estimate of drug-likeness (QED) is 0.852. The lowest BCUT2D eigenvalue weighted by Crippen LogP contribution is -2.25. The lowest BCUT2D eigenvalue weighted by Gasteiger charge is -2.19. The number of hydrogen-bond donors (Lipinski definition) is 2. The van der Waals surface area contributed by atoms with E-state index in [0.717, 1.165) is 17.1 Å². The van der Waals surface area contributed by atoms with Crippen LogP contribution < -0.4 is 5.32 Å². The highest BCUT2D eigenvalue weighted by Gasteiger charge is 2.14. The third kappa shape index (κ3) is 3.66. The van der Waals surface area contributed by atoms with E-state index in [1.807, 2.05) is 12.3 Å². The smallest absolute Gasteiger partial charge is 0.0902 e. The van der Waals surface area contributed by atoms with Crippen LogP contribution in [-0.2, 0) is 0 Å². The Balaban J connectivity index is 1.64. The molecule has 0 spiro atoms. The molecule has 1 aromatic heterocycles. The fourth-order valence-electron chi connectivity index (χ4n) is 3.19. The van der Waals surface area contributed by atoms with Crippen molar-refractivity contribution >= 4 is 5.71 Å². The van der Waals surface area contributed by atoms with E-state index in [0.29, 0.717) is 6.04 Å². The molecule has 0 radical (unpaired) electrons. The van der Waals surface area contributed by atoms with Gasteiger partial charge in [0.25, 0.3) is 0 Å². The average molecular weight is 283 g/mol. The first-order valence-corrected chi connectivity index (χ1v) is 8.20. The van der Waals surface area contributed by atoms with E-state index in [9.17, 15) is 0 Å². The van der Waals surface area contributed by atoms with Gasteiger partial charge in [0.1, 0.15) is 0 Å². The molecule has 1 aliphatic heterocycles. The number of aliphatic imine (C=N–C) groups is 1. The van der Waals surface area contributed by atoms with Crippen molar-refractivity contribution in [3.8, 4) is 0 Å². The Bertz CT molecular complexity index is 541. The zero-order chi connectivity index (χ0) is 14.5. The van der Waals surface area contributed by atoms with Crippen LogP contribution in [0.25, 0.3) is 0 Å². The summed E-state index contributed by atoms with van der Waals surface area (Å²) in [6.07, 6.45) is 15.7. The lowest BCUT2D eigenvalue weighted by molar-refractivity contribution is 0.419. The van der Waals surface area contributed by atoms with Gasteiger partial charge in [0, 0.05) is 18.4 Å². The van der Waals surface area contributed by atoms with E-state index < -0.39 is 0 Å². The summed E-state index contributed by atoms with van der Waals surface area (Å²) < 4.78 is 0. The zero-order valence-electron chi connectivity index (χ0n) is 12.9. The van der Waals surface area contributed by atoms with E-state index in [-0.39, 0.29) is 0 Å². The Morgan fingerprint density at radius 1 is 1.19 bits per heavy atom. The van der Waals surface area contributed by atoms with Gasteiger partial charge in [-0.05, 0) is 43.5 Å². The molecular weight excluding hydrogens is 258 g/mol. The highest BCUT2D eigenvalue weighted by molar-refractivity contribution is 6.13. The maximum Gasteiger partial charge on any atom is 0.0902 e. The third-order valence-corrected chi connectivity index (χ3v) is 4.40. The van der Waals surface area contributed by atoms with Crippen LogP contribution in [0, 0.1) is 0 Å². The highest BCUT2D eigenvalue weighted by atomic mass is 14.9. The first-order chi connectivity index (χ1) is 10.3. The minimum Gasteiger partial charge on any atom is -0.386 e. The van der Waals surface area contributed by atoms with E-state index in [1.54, 1.807) is 0 Å². The van der Waals surface area contributed by atoms with Gasteiger partial charge in [-0.25, -0.2) is 4.99 Å². The highest BCUT2D eigenvalue weighted by Crippen LogP contribution is 2.21.